The third kappa shape index (κ3) is 3.46. The highest BCUT2D eigenvalue weighted by atomic mass is 16.5. The highest BCUT2D eigenvalue weighted by Crippen LogP contribution is 2.22. The number of hydrogen-bond acceptors (Lipinski definition) is 5. The van der Waals surface area contributed by atoms with E-state index in [0.717, 1.165) is 4.90 Å². The Balaban J connectivity index is 1.51. The molecule has 0 fully saturated rings. The molecule has 0 saturated carbocycles. The lowest BCUT2D eigenvalue weighted by Crippen LogP contribution is -2.31. The molecule has 0 spiro atoms. The molecule has 2 aromatic rings. The Morgan fingerprint density at radius 2 is 1.50 bits per heavy atom. The van der Waals surface area contributed by atoms with Crippen molar-refractivity contribution in [2.24, 2.45) is 5.73 Å². The molecule has 2 N–H and O–H groups in total. The van der Waals surface area contributed by atoms with Crippen molar-refractivity contribution < 1.29 is 23.9 Å². The van der Waals surface area contributed by atoms with Gasteiger partial charge in [0, 0.05) is 18.5 Å². The van der Waals surface area contributed by atoms with Gasteiger partial charge in [-0.2, -0.15) is 0 Å². The lowest BCUT2D eigenvalue weighted by atomic mass is 10.1. The van der Waals surface area contributed by atoms with Gasteiger partial charge in [0.05, 0.1) is 11.1 Å². The minimum atomic E-state index is -0.566. The van der Waals surface area contributed by atoms with Crippen LogP contribution in [0.3, 0.4) is 0 Å². The number of amides is 3. The number of nitrogens with zero attached hydrogens (tertiary/aromatic N) is 1. The molecule has 0 aliphatic carbocycles. The molecular weight excluding hydrogens is 336 g/mol. The smallest absolute Gasteiger partial charge is 0.311 e. The van der Waals surface area contributed by atoms with E-state index in [9.17, 15) is 19.2 Å². The summed E-state index contributed by atoms with van der Waals surface area (Å²) in [6, 6.07) is 12.5. The molecule has 0 unspecified atom stereocenters. The Labute approximate surface area is 149 Å². The van der Waals surface area contributed by atoms with Crippen LogP contribution in [0.15, 0.2) is 48.5 Å². The standard InChI is InChI=1S/C19H16N2O5/c20-17(23)12-7-9-13(10-8-12)26-16(22)6-3-11-21-18(24)14-4-1-2-5-15(14)19(21)25/h1-2,4-5,7-10H,3,6,11H2,(H2,20,23). The molecule has 2 aromatic carbocycles. The number of rotatable bonds is 6. The highest BCUT2D eigenvalue weighted by Gasteiger charge is 2.34. The third-order valence-electron chi connectivity index (χ3n) is 4.01. The van der Waals surface area contributed by atoms with Gasteiger partial charge in [-0.3, -0.25) is 24.1 Å². The Morgan fingerprint density at radius 1 is 0.923 bits per heavy atom. The molecule has 132 valence electrons. The number of imide groups is 1. The number of benzene rings is 2. The van der Waals surface area contributed by atoms with Crippen LogP contribution in [0.4, 0.5) is 0 Å². The average Bonchev–Trinajstić information content (AvgIpc) is 2.87. The van der Waals surface area contributed by atoms with Crippen molar-refractivity contribution in [3.63, 3.8) is 0 Å². The molecule has 0 saturated heterocycles. The molecule has 3 amide bonds. The van der Waals surface area contributed by atoms with Gasteiger partial charge in [0.2, 0.25) is 5.91 Å². The quantitative estimate of drug-likeness (QED) is 0.484. The Hall–Kier alpha value is -3.48. The number of carbonyl (C=O) groups excluding carboxylic acids is 4. The normalized spacial score (nSPS) is 12.8. The lowest BCUT2D eigenvalue weighted by Gasteiger charge is -2.13. The molecule has 1 aliphatic rings. The van der Waals surface area contributed by atoms with E-state index in [0.29, 0.717) is 28.9 Å². The van der Waals surface area contributed by atoms with Crippen molar-refractivity contribution in [1.82, 2.24) is 4.90 Å². The summed E-state index contributed by atoms with van der Waals surface area (Å²) >= 11 is 0. The fourth-order valence-electron chi connectivity index (χ4n) is 2.69. The summed E-state index contributed by atoms with van der Waals surface area (Å²) in [4.78, 5) is 48.4. The predicted octanol–water partition coefficient (Wildman–Crippen LogP) is 1.77. The van der Waals surface area contributed by atoms with Gasteiger partial charge < -0.3 is 10.5 Å². The number of ether oxygens (including phenoxy) is 1. The van der Waals surface area contributed by atoms with Gasteiger partial charge in [-0.1, -0.05) is 12.1 Å². The second-order valence-electron chi connectivity index (χ2n) is 5.77. The summed E-state index contributed by atoms with van der Waals surface area (Å²) in [5.41, 5.74) is 6.22. The lowest BCUT2D eigenvalue weighted by molar-refractivity contribution is -0.134. The molecule has 0 radical (unpaired) electrons. The fourth-order valence-corrected chi connectivity index (χ4v) is 2.69. The van der Waals surface area contributed by atoms with E-state index in [1.54, 1.807) is 24.3 Å². The number of fused-ring (bicyclic) bond motifs is 1. The average molecular weight is 352 g/mol. The molecule has 1 aliphatic heterocycles. The molecule has 26 heavy (non-hydrogen) atoms. The number of hydrogen-bond donors (Lipinski definition) is 1. The van der Waals surface area contributed by atoms with Gasteiger partial charge in [-0.15, -0.1) is 0 Å². The minimum Gasteiger partial charge on any atom is -0.427 e. The number of esters is 1. The molecular formula is C19H16N2O5. The molecule has 0 bridgehead atoms. The van der Waals surface area contributed by atoms with Crippen LogP contribution in [0.2, 0.25) is 0 Å². The molecule has 7 nitrogen and oxygen atoms in total. The van der Waals surface area contributed by atoms with E-state index in [2.05, 4.69) is 0 Å². The van der Waals surface area contributed by atoms with Crippen molar-refractivity contribution in [3.05, 3.63) is 65.2 Å². The zero-order chi connectivity index (χ0) is 18.7. The number of primary amides is 1. The maximum atomic E-state index is 12.2. The van der Waals surface area contributed by atoms with Gasteiger partial charge >= 0.3 is 5.97 Å². The second kappa shape index (κ2) is 7.18. The van der Waals surface area contributed by atoms with E-state index in [4.69, 9.17) is 10.5 Å². The summed E-state index contributed by atoms with van der Waals surface area (Å²) in [7, 11) is 0. The molecule has 0 atom stereocenters. The zero-order valence-electron chi connectivity index (χ0n) is 13.8. The van der Waals surface area contributed by atoms with E-state index in [-0.39, 0.29) is 24.8 Å². The monoisotopic (exact) mass is 352 g/mol. The van der Waals surface area contributed by atoms with Crippen LogP contribution in [-0.2, 0) is 4.79 Å². The number of nitrogens with two attached hydrogens (primary N) is 1. The highest BCUT2D eigenvalue weighted by molar-refractivity contribution is 6.21. The summed E-state index contributed by atoms with van der Waals surface area (Å²) in [6.07, 6.45) is 0.342. The SMILES string of the molecule is NC(=O)c1ccc(OC(=O)CCCN2C(=O)c3ccccc3C2=O)cc1. The van der Waals surface area contributed by atoms with Crippen LogP contribution in [0.1, 0.15) is 43.9 Å². The van der Waals surface area contributed by atoms with Gasteiger partial charge in [-0.05, 0) is 42.8 Å². The molecule has 3 rings (SSSR count). The Kier molecular flexibility index (Phi) is 4.79. The maximum Gasteiger partial charge on any atom is 0.311 e. The molecule has 1 heterocycles. The zero-order valence-corrected chi connectivity index (χ0v) is 13.8. The summed E-state index contributed by atoms with van der Waals surface area (Å²) < 4.78 is 5.15. The van der Waals surface area contributed by atoms with Crippen LogP contribution >= 0.6 is 0 Å². The van der Waals surface area contributed by atoms with Crippen molar-refractivity contribution in [3.8, 4) is 5.75 Å². The first-order valence-electron chi connectivity index (χ1n) is 8.03. The van der Waals surface area contributed by atoms with Gasteiger partial charge in [0.1, 0.15) is 5.75 Å². The van der Waals surface area contributed by atoms with Crippen LogP contribution < -0.4 is 10.5 Å². The van der Waals surface area contributed by atoms with Crippen LogP contribution in [0, 0.1) is 0 Å². The van der Waals surface area contributed by atoms with E-state index >= 15 is 0 Å². The van der Waals surface area contributed by atoms with Crippen LogP contribution in [0.5, 0.6) is 5.75 Å². The first-order chi connectivity index (χ1) is 12.5. The first-order valence-corrected chi connectivity index (χ1v) is 8.03. The maximum absolute atomic E-state index is 12.2. The largest absolute Gasteiger partial charge is 0.427 e. The van der Waals surface area contributed by atoms with E-state index < -0.39 is 11.9 Å². The summed E-state index contributed by atoms with van der Waals surface area (Å²) in [5, 5.41) is 0. The molecule has 7 heteroatoms. The summed E-state index contributed by atoms with van der Waals surface area (Å²) in [6.45, 7) is 0.141. The Bertz CT molecular complexity index is 854. The van der Waals surface area contributed by atoms with Gasteiger partial charge in [0.15, 0.2) is 0 Å². The van der Waals surface area contributed by atoms with Crippen molar-refractivity contribution in [2.75, 3.05) is 6.54 Å². The predicted molar refractivity (Wildman–Crippen MR) is 91.6 cm³/mol. The van der Waals surface area contributed by atoms with Gasteiger partial charge in [0.25, 0.3) is 11.8 Å². The Morgan fingerprint density at radius 3 is 2.04 bits per heavy atom. The van der Waals surface area contributed by atoms with E-state index in [1.165, 1.54) is 24.3 Å². The van der Waals surface area contributed by atoms with Crippen molar-refractivity contribution >= 4 is 23.7 Å². The van der Waals surface area contributed by atoms with Crippen LogP contribution in [0.25, 0.3) is 0 Å². The summed E-state index contributed by atoms with van der Waals surface area (Å²) in [5.74, 6) is -1.46. The molecule has 0 aromatic heterocycles. The second-order valence-corrected chi connectivity index (χ2v) is 5.77. The van der Waals surface area contributed by atoms with Gasteiger partial charge in [-0.25, -0.2) is 0 Å². The fraction of sp³-hybridized carbons (Fsp3) is 0.158. The first kappa shape index (κ1) is 17.3. The minimum absolute atomic E-state index is 0.0466. The van der Waals surface area contributed by atoms with Crippen molar-refractivity contribution in [1.29, 1.82) is 0 Å². The van der Waals surface area contributed by atoms with Crippen molar-refractivity contribution in [2.45, 2.75) is 12.8 Å². The third-order valence-corrected chi connectivity index (χ3v) is 4.01. The topological polar surface area (TPSA) is 107 Å². The van der Waals surface area contributed by atoms with E-state index in [1.807, 2.05) is 0 Å². The number of carbonyl (C=O) groups is 4. The van der Waals surface area contributed by atoms with Crippen LogP contribution in [-0.4, -0.2) is 35.1 Å².